The van der Waals surface area contributed by atoms with Crippen LogP contribution in [0.5, 0.6) is 23.0 Å². The first-order valence-electron chi connectivity index (χ1n) is 38.0. The highest BCUT2D eigenvalue weighted by Gasteiger charge is 2.48. The van der Waals surface area contributed by atoms with Gasteiger partial charge in [0.05, 0.1) is 39.1 Å². The second-order valence-corrected chi connectivity index (χ2v) is 31.1. The van der Waals surface area contributed by atoms with Gasteiger partial charge in [0.15, 0.2) is 0 Å². The lowest BCUT2D eigenvalue weighted by Gasteiger charge is -2.44. The Morgan fingerprint density at radius 3 is 1.03 bits per heavy atom. The third-order valence-electron chi connectivity index (χ3n) is 21.3. The third-order valence-corrected chi connectivity index (χ3v) is 22.8. The highest BCUT2D eigenvalue weighted by molar-refractivity contribution is 6.32. The highest BCUT2D eigenvalue weighted by atomic mass is 35.5. The van der Waals surface area contributed by atoms with E-state index in [1.54, 1.807) is 109 Å². The van der Waals surface area contributed by atoms with Gasteiger partial charge in [-0.25, -0.2) is 0 Å². The highest BCUT2D eigenvalue weighted by Crippen LogP contribution is 2.44. The summed E-state index contributed by atoms with van der Waals surface area (Å²) in [4.78, 5) is 22.9. The molecule has 0 amide bonds. The van der Waals surface area contributed by atoms with Gasteiger partial charge < -0.3 is 109 Å². The normalized spacial score (nSPS) is 28.4. The monoisotopic (exact) mass is 1670 g/mol. The predicted molar refractivity (Wildman–Crippen MR) is 427 cm³/mol. The quantitative estimate of drug-likeness (QED) is 0.0249. The third kappa shape index (κ3) is 23.3. The second kappa shape index (κ2) is 41.8. The maximum absolute atomic E-state index is 11.8. The van der Waals surface area contributed by atoms with Crippen LogP contribution in [-0.4, -0.2) is 208 Å². The van der Waals surface area contributed by atoms with Crippen molar-refractivity contribution in [3.05, 3.63) is 257 Å². The minimum Gasteiger partial charge on any atom is -0.508 e. The number of aliphatic hydroxyl groups excluding tert-OH is 12. The van der Waals surface area contributed by atoms with Crippen molar-refractivity contribution in [2.75, 3.05) is 33.0 Å². The summed E-state index contributed by atoms with van der Waals surface area (Å²) in [6.07, 6.45) is -14.6. The number of phenolic OH excluding ortho intramolecular Hbond substituents is 2. The van der Waals surface area contributed by atoms with Crippen LogP contribution in [0.4, 0.5) is 0 Å². The Balaban J connectivity index is 0.000000163. The van der Waals surface area contributed by atoms with Gasteiger partial charge in [0.2, 0.25) is 0 Å². The molecule has 24 nitrogen and oxygen atoms in total. The van der Waals surface area contributed by atoms with E-state index in [1.165, 1.54) is 13.8 Å². The number of hydrogen-bond donors (Lipinski definition) is 14. The number of aromatic hydroxyl groups is 2. The molecule has 0 spiro atoms. The van der Waals surface area contributed by atoms with E-state index < -0.39 is 111 Å². The van der Waals surface area contributed by atoms with Crippen molar-refractivity contribution in [2.45, 2.75) is 189 Å². The molecule has 8 aromatic rings. The van der Waals surface area contributed by atoms with E-state index in [1.807, 2.05) is 60.7 Å². The first kappa shape index (κ1) is 89.9. The fourth-order valence-corrected chi connectivity index (χ4v) is 15.3. The number of aliphatic hydroxyl groups is 12. The Morgan fingerprint density at radius 2 is 0.722 bits per heavy atom. The molecule has 0 saturated carbocycles. The zero-order valence-corrected chi connectivity index (χ0v) is 66.9. The fraction of sp³-hybridized carbons (Fsp3) is 0.425. The maximum Gasteiger partial charge on any atom is 0.308 e. The van der Waals surface area contributed by atoms with Crippen molar-refractivity contribution in [3.63, 3.8) is 0 Å². The van der Waals surface area contributed by atoms with Gasteiger partial charge in [0.25, 0.3) is 0 Å². The largest absolute Gasteiger partial charge is 0.508 e. The Kier molecular flexibility index (Phi) is 32.7. The standard InChI is InChI=1S/C26H31ClO5.C23H27ClO7.2C19H21ClO6/c1-6-24-15(2)16(3)25(31-18(5)29)26(32-24)20-9-12-23(27)21(14-20)13-19-7-10-22(11-8-19)30-17(4)28;24-18-6-3-14(23-22(28)21(27)20(26)19(11-25)31-23)10-15(18)9-13-1-4-16(5-2-13)30-17-7-8-29-12-17;2*20-14-6-3-11(8-12(14)7-10-1-4-13(22)5-2-10)19-18(25)17(24)16(23)15(9-21)26-19/h7-12,14-16,24-26H,6,13H2,1-5H3;1-6,10,17,19-23,25-28H,7-9,11-12H2;2*1-6,8,15-19,21-25H,7,9H2/t15-,16-,24+,25+,26?;17?,19-,20-,21+,22-,23?;2*15-,16-,17+,18-,19?/m0111/s1. The number of halogens is 4. The van der Waals surface area contributed by atoms with E-state index >= 15 is 0 Å². The Hall–Kier alpha value is -7.42. The minimum absolute atomic E-state index is 0.0924. The van der Waals surface area contributed by atoms with Gasteiger partial charge in [-0.15, -0.1) is 0 Å². The number of carbonyl (C=O) groups is 2. The summed E-state index contributed by atoms with van der Waals surface area (Å²) >= 11 is 25.5. The molecule has 21 atom stereocenters. The van der Waals surface area contributed by atoms with Crippen LogP contribution in [0.3, 0.4) is 0 Å². The van der Waals surface area contributed by atoms with Crippen LogP contribution in [0.25, 0.3) is 0 Å². The molecule has 5 saturated heterocycles. The van der Waals surface area contributed by atoms with Gasteiger partial charge in [0.1, 0.15) is 133 Å². The summed E-state index contributed by atoms with van der Waals surface area (Å²) in [5.74, 6) is 1.44. The SMILES string of the molecule is CC[C@H]1OC(c2ccc(Cl)c(Cc3ccc(OC(C)=O)cc3)c2)[C@H](OC(C)=O)[C@@H](C)[C@@H]1C.OC[C@H]1OC(c2ccc(Cl)c(Cc3ccc(O)cc3)c2)[C@H](O)[C@@H](O)[C@@H]1O.OC[C@H]1OC(c2ccc(Cl)c(Cc3ccc(O)cc3)c2)[C@H](O)[C@@H](O)[C@@H]1O.OC[C@H]1OC(c2ccc(Cl)c(Cc3ccc(OC4CCOC4)cc3)c2)[C@H](O)[C@@H](O)[C@@H]1O. The molecular weight excluding hydrogens is 1570 g/mol. The minimum atomic E-state index is -1.43. The van der Waals surface area contributed by atoms with Gasteiger partial charge in [-0.05, 0) is 178 Å². The average Bonchev–Trinajstić information content (AvgIpc) is 1.07. The predicted octanol–water partition coefficient (Wildman–Crippen LogP) is 9.83. The van der Waals surface area contributed by atoms with Crippen LogP contribution in [0, 0.1) is 11.8 Å². The summed E-state index contributed by atoms with van der Waals surface area (Å²) in [7, 11) is 0. The average molecular weight is 1670 g/mol. The van der Waals surface area contributed by atoms with Gasteiger partial charge in [-0.1, -0.05) is 164 Å². The molecule has 620 valence electrons. The number of hydrogen-bond acceptors (Lipinski definition) is 24. The van der Waals surface area contributed by atoms with E-state index in [4.69, 9.17) is 84.3 Å². The molecule has 0 aromatic heterocycles. The van der Waals surface area contributed by atoms with Crippen LogP contribution in [0.1, 0.15) is 139 Å². The van der Waals surface area contributed by atoms with Crippen LogP contribution in [-0.2, 0) is 63.7 Å². The Labute approximate surface area is 687 Å². The molecule has 0 radical (unpaired) electrons. The molecule has 5 unspecified atom stereocenters. The molecule has 14 N–H and O–H groups in total. The molecule has 0 bridgehead atoms. The van der Waals surface area contributed by atoms with Crippen LogP contribution < -0.4 is 9.47 Å². The lowest BCUT2D eigenvalue weighted by Crippen LogP contribution is -2.55. The van der Waals surface area contributed by atoms with E-state index in [0.29, 0.717) is 74.8 Å². The molecular formula is C87H100Cl4O24. The molecule has 28 heteroatoms. The zero-order valence-electron chi connectivity index (χ0n) is 63.9. The summed E-state index contributed by atoms with van der Waals surface area (Å²) in [6.45, 7) is 9.12. The fourth-order valence-electron chi connectivity index (χ4n) is 14.6. The molecule has 0 aliphatic carbocycles. The number of rotatable bonds is 20. The first-order chi connectivity index (χ1) is 54.9. The Bertz CT molecular complexity index is 4310. The molecule has 5 heterocycles. The number of phenols is 2. The van der Waals surface area contributed by atoms with E-state index in [0.717, 1.165) is 75.3 Å². The van der Waals surface area contributed by atoms with Crippen molar-refractivity contribution in [2.24, 2.45) is 11.8 Å². The van der Waals surface area contributed by atoms with E-state index in [2.05, 4.69) is 20.8 Å². The van der Waals surface area contributed by atoms with Crippen LogP contribution >= 0.6 is 46.4 Å². The molecule has 115 heavy (non-hydrogen) atoms. The number of carbonyl (C=O) groups excluding carboxylic acids is 2. The van der Waals surface area contributed by atoms with E-state index in [-0.39, 0.29) is 59.7 Å². The van der Waals surface area contributed by atoms with E-state index in [9.17, 15) is 81.1 Å². The van der Waals surface area contributed by atoms with Gasteiger partial charge in [-0.2, -0.15) is 0 Å². The van der Waals surface area contributed by atoms with Crippen LogP contribution in [0.2, 0.25) is 20.1 Å². The Morgan fingerprint density at radius 1 is 0.400 bits per heavy atom. The van der Waals surface area contributed by atoms with Crippen LogP contribution in [0.15, 0.2) is 170 Å². The van der Waals surface area contributed by atoms with Crippen molar-refractivity contribution >= 4 is 58.3 Å². The van der Waals surface area contributed by atoms with Gasteiger partial charge in [0, 0.05) is 46.3 Å². The number of esters is 2. The second-order valence-electron chi connectivity index (χ2n) is 29.5. The zero-order chi connectivity index (χ0) is 83.1. The summed E-state index contributed by atoms with van der Waals surface area (Å²) in [6, 6.07) is 50.0. The summed E-state index contributed by atoms with van der Waals surface area (Å²) < 4.78 is 45.3. The molecule has 5 fully saturated rings. The summed E-state index contributed by atoms with van der Waals surface area (Å²) in [5.41, 5.74) is 10.0. The van der Waals surface area contributed by atoms with Crippen molar-refractivity contribution in [1.82, 2.24) is 0 Å². The van der Waals surface area contributed by atoms with Crippen molar-refractivity contribution in [1.29, 1.82) is 0 Å². The topological polar surface area (TPSA) is 391 Å². The van der Waals surface area contributed by atoms with Gasteiger partial charge >= 0.3 is 11.9 Å². The lowest BCUT2D eigenvalue weighted by molar-refractivity contribution is -0.231. The summed E-state index contributed by atoms with van der Waals surface area (Å²) in [5, 5.41) is 140. The lowest BCUT2D eigenvalue weighted by atomic mass is 9.78. The van der Waals surface area contributed by atoms with Crippen molar-refractivity contribution < 1.29 is 119 Å². The number of ether oxygens (including phenoxy) is 8. The first-order valence-corrected chi connectivity index (χ1v) is 39.5. The van der Waals surface area contributed by atoms with Gasteiger partial charge in [-0.3, -0.25) is 9.59 Å². The maximum atomic E-state index is 11.8. The molecule has 8 aromatic carbocycles. The molecule has 5 aliphatic rings. The molecule has 13 rings (SSSR count). The number of benzene rings is 8. The smallest absolute Gasteiger partial charge is 0.308 e. The molecule has 5 aliphatic heterocycles. The van der Waals surface area contributed by atoms with Crippen molar-refractivity contribution in [3.8, 4) is 23.0 Å².